The largest absolute Gasteiger partial charge is 0.351 e. The number of carbonyl (C=O) groups excluding carboxylic acids is 1. The lowest BCUT2D eigenvalue weighted by molar-refractivity contribution is -0.118. The van der Waals surface area contributed by atoms with Crippen molar-refractivity contribution >= 4 is 29.0 Å². The van der Waals surface area contributed by atoms with E-state index in [-0.39, 0.29) is 5.91 Å². The van der Waals surface area contributed by atoms with Crippen LogP contribution in [-0.2, 0) is 18.4 Å². The van der Waals surface area contributed by atoms with E-state index in [0.717, 1.165) is 22.1 Å². The van der Waals surface area contributed by atoms with Gasteiger partial charge in [0.15, 0.2) is 11.0 Å². The van der Waals surface area contributed by atoms with E-state index in [1.54, 1.807) is 11.3 Å². The number of rotatable bonds is 7. The normalized spacial score (nSPS) is 10.9. The third-order valence-corrected chi connectivity index (χ3v) is 6.99. The van der Waals surface area contributed by atoms with Crippen molar-refractivity contribution in [1.29, 1.82) is 0 Å². The van der Waals surface area contributed by atoms with Crippen molar-refractivity contribution in [2.45, 2.75) is 25.5 Å². The van der Waals surface area contributed by atoms with Crippen LogP contribution in [0.15, 0.2) is 65.1 Å². The van der Waals surface area contributed by atoms with E-state index in [4.69, 9.17) is 0 Å². The molecule has 1 N–H and O–H groups in total. The molecule has 0 aliphatic carbocycles. The first-order valence-electron chi connectivity index (χ1n) is 10.0. The molecule has 0 unspecified atom stereocenters. The number of benzene rings is 2. The number of thiophene rings is 1. The zero-order chi connectivity index (χ0) is 21.8. The van der Waals surface area contributed by atoms with Gasteiger partial charge in [-0.3, -0.25) is 4.79 Å². The average molecular weight is 449 g/mol. The van der Waals surface area contributed by atoms with Gasteiger partial charge in [0.2, 0.25) is 5.91 Å². The second-order valence-corrected chi connectivity index (χ2v) is 9.39. The van der Waals surface area contributed by atoms with E-state index < -0.39 is 0 Å². The maximum Gasteiger partial charge on any atom is 0.230 e. The van der Waals surface area contributed by atoms with Gasteiger partial charge in [-0.25, -0.2) is 0 Å². The summed E-state index contributed by atoms with van der Waals surface area (Å²) in [5.74, 6) is 1.09. The molecule has 2 heterocycles. The first kappa shape index (κ1) is 21.3. The van der Waals surface area contributed by atoms with Gasteiger partial charge in [-0.1, -0.05) is 71.9 Å². The van der Waals surface area contributed by atoms with Crippen molar-refractivity contribution in [2.75, 3.05) is 5.75 Å². The zero-order valence-electron chi connectivity index (χ0n) is 17.8. The summed E-state index contributed by atoms with van der Waals surface area (Å²) in [6.45, 7) is 4.75. The molecule has 0 aliphatic heterocycles. The molecule has 0 bridgehead atoms. The fraction of sp³-hybridized carbons (Fsp3) is 0.208. The molecule has 0 saturated heterocycles. The third-order valence-electron chi connectivity index (χ3n) is 5.06. The molecule has 0 spiro atoms. The summed E-state index contributed by atoms with van der Waals surface area (Å²) in [6.07, 6.45) is 0. The minimum atomic E-state index is -0.0230. The molecule has 158 valence electrons. The summed E-state index contributed by atoms with van der Waals surface area (Å²) < 4.78 is 1.97. The molecule has 2 aromatic carbocycles. The molecule has 0 saturated carbocycles. The molecule has 4 aromatic rings. The standard InChI is InChI=1S/C24H24N4OS2/c1-16-9-11-19(12-10-16)22-17(2)30-14-20(22)23-26-27-24(28(23)3)31-15-21(29)25-13-18-7-5-4-6-8-18/h4-12,14H,13,15H2,1-3H3,(H,25,29). The van der Waals surface area contributed by atoms with Gasteiger partial charge in [0.05, 0.1) is 5.75 Å². The predicted molar refractivity (Wildman–Crippen MR) is 128 cm³/mol. The second-order valence-electron chi connectivity index (χ2n) is 7.36. The van der Waals surface area contributed by atoms with Crippen molar-refractivity contribution in [3.63, 3.8) is 0 Å². The number of hydrogen-bond donors (Lipinski definition) is 1. The van der Waals surface area contributed by atoms with Crippen LogP contribution in [0.2, 0.25) is 0 Å². The van der Waals surface area contributed by atoms with Crippen molar-refractivity contribution in [1.82, 2.24) is 20.1 Å². The molecule has 31 heavy (non-hydrogen) atoms. The third kappa shape index (κ3) is 4.89. The molecule has 7 heteroatoms. The Morgan fingerprint density at radius 2 is 1.81 bits per heavy atom. The maximum absolute atomic E-state index is 12.3. The lowest BCUT2D eigenvalue weighted by Crippen LogP contribution is -2.24. The Bertz CT molecular complexity index is 1180. The van der Waals surface area contributed by atoms with Crippen molar-refractivity contribution in [2.24, 2.45) is 7.05 Å². The highest BCUT2D eigenvalue weighted by Gasteiger charge is 2.19. The molecule has 5 nitrogen and oxygen atoms in total. The molecule has 1 amide bonds. The van der Waals surface area contributed by atoms with Crippen LogP contribution in [0.25, 0.3) is 22.5 Å². The van der Waals surface area contributed by atoms with Crippen LogP contribution in [0.4, 0.5) is 0 Å². The van der Waals surface area contributed by atoms with Crippen molar-refractivity contribution < 1.29 is 4.79 Å². The number of carbonyl (C=O) groups is 1. The van der Waals surface area contributed by atoms with Crippen molar-refractivity contribution in [3.8, 4) is 22.5 Å². The van der Waals surface area contributed by atoms with E-state index in [9.17, 15) is 4.79 Å². The van der Waals surface area contributed by atoms with E-state index in [1.165, 1.54) is 33.3 Å². The summed E-state index contributed by atoms with van der Waals surface area (Å²) >= 11 is 3.11. The minimum absolute atomic E-state index is 0.0230. The van der Waals surface area contributed by atoms with Gasteiger partial charge >= 0.3 is 0 Å². The van der Waals surface area contributed by atoms with Crippen LogP contribution >= 0.6 is 23.1 Å². The molecule has 2 aromatic heterocycles. The number of nitrogens with one attached hydrogen (secondary N) is 1. The highest BCUT2D eigenvalue weighted by molar-refractivity contribution is 7.99. The van der Waals surface area contributed by atoms with Gasteiger partial charge in [0.25, 0.3) is 0 Å². The molecule has 4 rings (SSSR count). The quantitative estimate of drug-likeness (QED) is 0.393. The van der Waals surface area contributed by atoms with E-state index in [1.807, 2.05) is 41.9 Å². The summed E-state index contributed by atoms with van der Waals surface area (Å²) in [7, 11) is 1.95. The van der Waals surface area contributed by atoms with Crippen LogP contribution in [0.3, 0.4) is 0 Å². The first-order chi connectivity index (χ1) is 15.0. The first-order valence-corrected chi connectivity index (χ1v) is 11.9. The monoisotopic (exact) mass is 448 g/mol. The van der Waals surface area contributed by atoms with Gasteiger partial charge in [-0.15, -0.1) is 21.5 Å². The van der Waals surface area contributed by atoms with E-state index in [2.05, 4.69) is 59.0 Å². The van der Waals surface area contributed by atoms with Crippen LogP contribution in [0.1, 0.15) is 16.0 Å². The fourth-order valence-corrected chi connectivity index (χ4v) is 4.96. The Balaban J connectivity index is 1.47. The van der Waals surface area contributed by atoms with Crippen LogP contribution in [-0.4, -0.2) is 26.4 Å². The van der Waals surface area contributed by atoms with E-state index >= 15 is 0 Å². The fourth-order valence-electron chi connectivity index (χ4n) is 3.35. The lowest BCUT2D eigenvalue weighted by atomic mass is 10.0. The molecule has 0 atom stereocenters. The molecule has 0 radical (unpaired) electrons. The number of amides is 1. The zero-order valence-corrected chi connectivity index (χ0v) is 19.4. The Hall–Kier alpha value is -2.90. The topological polar surface area (TPSA) is 59.8 Å². The van der Waals surface area contributed by atoms with Gasteiger partial charge in [-0.2, -0.15) is 0 Å². The highest BCUT2D eigenvalue weighted by atomic mass is 32.2. The Kier molecular flexibility index (Phi) is 6.53. The maximum atomic E-state index is 12.3. The highest BCUT2D eigenvalue weighted by Crippen LogP contribution is 2.38. The number of aromatic nitrogens is 3. The molecule has 0 fully saturated rings. The summed E-state index contributed by atoms with van der Waals surface area (Å²) in [6, 6.07) is 18.4. The Morgan fingerprint density at radius 1 is 1.06 bits per heavy atom. The SMILES string of the molecule is Cc1ccc(-c2c(-c3nnc(SCC(=O)NCc4ccccc4)n3C)csc2C)cc1. The summed E-state index contributed by atoms with van der Waals surface area (Å²) in [5.41, 5.74) is 5.76. The van der Waals surface area contributed by atoms with Crippen molar-refractivity contribution in [3.05, 3.63) is 76.0 Å². The lowest BCUT2D eigenvalue weighted by Gasteiger charge is -2.08. The number of nitrogens with zero attached hydrogens (tertiary/aromatic N) is 3. The predicted octanol–water partition coefficient (Wildman–Crippen LogP) is 5.24. The molecular weight excluding hydrogens is 424 g/mol. The minimum Gasteiger partial charge on any atom is -0.351 e. The van der Waals surface area contributed by atoms with Crippen LogP contribution < -0.4 is 5.32 Å². The summed E-state index contributed by atoms with van der Waals surface area (Å²) in [4.78, 5) is 13.5. The number of aryl methyl sites for hydroxylation is 2. The Labute approximate surface area is 190 Å². The Morgan fingerprint density at radius 3 is 2.55 bits per heavy atom. The van der Waals surface area contributed by atoms with Crippen LogP contribution in [0.5, 0.6) is 0 Å². The van der Waals surface area contributed by atoms with E-state index in [0.29, 0.717) is 12.3 Å². The number of hydrogen-bond acceptors (Lipinski definition) is 5. The van der Waals surface area contributed by atoms with Crippen LogP contribution in [0, 0.1) is 13.8 Å². The smallest absolute Gasteiger partial charge is 0.230 e. The molecular formula is C24H24N4OS2. The second kappa shape index (κ2) is 9.49. The number of thioether (sulfide) groups is 1. The van der Waals surface area contributed by atoms with Gasteiger partial charge in [-0.05, 0) is 25.0 Å². The average Bonchev–Trinajstić information content (AvgIpc) is 3.34. The van der Waals surface area contributed by atoms with Gasteiger partial charge in [0.1, 0.15) is 0 Å². The van der Waals surface area contributed by atoms with Gasteiger partial charge < -0.3 is 9.88 Å². The molecule has 0 aliphatic rings. The van der Waals surface area contributed by atoms with Gasteiger partial charge in [0, 0.05) is 35.0 Å². The summed E-state index contributed by atoms with van der Waals surface area (Å²) in [5, 5.41) is 14.6.